The highest BCUT2D eigenvalue weighted by Gasteiger charge is 2.13. The molecule has 0 unspecified atom stereocenters. The van der Waals surface area contributed by atoms with Crippen molar-refractivity contribution in [3.8, 4) is 22.9 Å². The Hall–Kier alpha value is -2.08. The van der Waals surface area contributed by atoms with Crippen molar-refractivity contribution in [1.29, 1.82) is 0 Å². The van der Waals surface area contributed by atoms with E-state index in [0.717, 1.165) is 5.56 Å². The fourth-order valence-corrected chi connectivity index (χ4v) is 1.47. The average molecular weight is 249 g/mol. The summed E-state index contributed by atoms with van der Waals surface area (Å²) in [7, 11) is 3.17. The van der Waals surface area contributed by atoms with Crippen LogP contribution in [0.3, 0.4) is 0 Å². The lowest BCUT2D eigenvalue weighted by Crippen LogP contribution is -2.04. The first kappa shape index (κ1) is 12.4. The van der Waals surface area contributed by atoms with Gasteiger partial charge in [0.15, 0.2) is 0 Å². The van der Waals surface area contributed by atoms with E-state index in [2.05, 4.69) is 10.1 Å². The highest BCUT2D eigenvalue weighted by atomic mass is 16.5. The van der Waals surface area contributed by atoms with Crippen molar-refractivity contribution in [2.24, 2.45) is 5.73 Å². The Morgan fingerprint density at radius 1 is 1.17 bits per heavy atom. The maximum Gasteiger partial charge on any atom is 0.243 e. The molecule has 0 fully saturated rings. The quantitative estimate of drug-likeness (QED) is 0.889. The van der Waals surface area contributed by atoms with Crippen molar-refractivity contribution in [3.05, 3.63) is 24.1 Å². The molecular formula is C12H15N3O3. The molecule has 2 rings (SSSR count). The molecular weight excluding hydrogens is 234 g/mol. The van der Waals surface area contributed by atoms with Gasteiger partial charge in [0.25, 0.3) is 0 Å². The summed E-state index contributed by atoms with van der Waals surface area (Å²) in [6.45, 7) is 1.78. The maximum absolute atomic E-state index is 5.67. The van der Waals surface area contributed by atoms with Crippen LogP contribution in [0.4, 0.5) is 0 Å². The Labute approximate surface area is 105 Å². The largest absolute Gasteiger partial charge is 0.497 e. The number of ether oxygens (including phenoxy) is 2. The molecule has 6 heteroatoms. The van der Waals surface area contributed by atoms with Crippen molar-refractivity contribution in [3.63, 3.8) is 0 Å². The van der Waals surface area contributed by atoms with Crippen molar-refractivity contribution in [2.45, 2.75) is 13.0 Å². The molecule has 0 aliphatic heterocycles. The summed E-state index contributed by atoms with van der Waals surface area (Å²) < 4.78 is 15.4. The number of rotatable bonds is 4. The van der Waals surface area contributed by atoms with Gasteiger partial charge < -0.3 is 19.7 Å². The van der Waals surface area contributed by atoms with E-state index in [1.165, 1.54) is 0 Å². The Kier molecular flexibility index (Phi) is 3.47. The predicted octanol–water partition coefficient (Wildman–Crippen LogP) is 1.77. The lowest BCUT2D eigenvalue weighted by molar-refractivity contribution is 0.362. The number of aromatic nitrogens is 2. The second-order valence-corrected chi connectivity index (χ2v) is 3.85. The summed E-state index contributed by atoms with van der Waals surface area (Å²) in [5, 5.41) is 3.88. The molecule has 1 aromatic heterocycles. The van der Waals surface area contributed by atoms with E-state index in [1.54, 1.807) is 39.3 Å². The Balaban J connectivity index is 2.42. The molecule has 1 atom stereocenters. The first-order chi connectivity index (χ1) is 8.63. The van der Waals surface area contributed by atoms with Gasteiger partial charge in [0.1, 0.15) is 11.5 Å². The van der Waals surface area contributed by atoms with Crippen molar-refractivity contribution in [1.82, 2.24) is 10.1 Å². The van der Waals surface area contributed by atoms with E-state index >= 15 is 0 Å². The third-order valence-corrected chi connectivity index (χ3v) is 2.44. The first-order valence-corrected chi connectivity index (χ1v) is 5.46. The molecule has 0 saturated carbocycles. The Bertz CT molecular complexity index is 515. The van der Waals surface area contributed by atoms with Gasteiger partial charge in [-0.15, -0.1) is 0 Å². The molecule has 6 nitrogen and oxygen atoms in total. The summed E-state index contributed by atoms with van der Waals surface area (Å²) in [6, 6.07) is 5.09. The fourth-order valence-electron chi connectivity index (χ4n) is 1.47. The van der Waals surface area contributed by atoms with Crippen molar-refractivity contribution in [2.75, 3.05) is 14.2 Å². The van der Waals surface area contributed by atoms with Gasteiger partial charge in [-0.2, -0.15) is 4.98 Å². The molecule has 0 bridgehead atoms. The molecule has 1 aromatic carbocycles. The minimum absolute atomic E-state index is 0.293. The van der Waals surface area contributed by atoms with Gasteiger partial charge in [0.2, 0.25) is 11.7 Å². The number of hydrogen-bond acceptors (Lipinski definition) is 6. The molecule has 2 aromatic rings. The maximum atomic E-state index is 5.67. The standard InChI is InChI=1S/C12H15N3O3/c1-7(13)12-14-11(15-18-12)8-4-9(16-2)6-10(5-8)17-3/h4-7H,13H2,1-3H3/t7-/m0/s1. The van der Waals surface area contributed by atoms with Crippen LogP contribution < -0.4 is 15.2 Å². The summed E-state index contributed by atoms with van der Waals surface area (Å²) in [4.78, 5) is 4.22. The molecule has 0 amide bonds. The minimum atomic E-state index is -0.293. The van der Waals surface area contributed by atoms with Gasteiger partial charge in [-0.1, -0.05) is 5.16 Å². The normalized spacial score (nSPS) is 12.2. The lowest BCUT2D eigenvalue weighted by atomic mass is 10.2. The molecule has 18 heavy (non-hydrogen) atoms. The Morgan fingerprint density at radius 2 is 1.78 bits per heavy atom. The van der Waals surface area contributed by atoms with Crippen LogP contribution in [-0.2, 0) is 0 Å². The summed E-state index contributed by atoms with van der Waals surface area (Å²) >= 11 is 0. The molecule has 0 radical (unpaired) electrons. The van der Waals surface area contributed by atoms with Gasteiger partial charge in [-0.25, -0.2) is 0 Å². The number of nitrogens with zero attached hydrogens (tertiary/aromatic N) is 2. The van der Waals surface area contributed by atoms with E-state index in [4.69, 9.17) is 19.7 Å². The third-order valence-electron chi connectivity index (χ3n) is 2.44. The zero-order chi connectivity index (χ0) is 13.1. The van der Waals surface area contributed by atoms with E-state index < -0.39 is 0 Å². The second kappa shape index (κ2) is 5.05. The highest BCUT2D eigenvalue weighted by Crippen LogP contribution is 2.28. The minimum Gasteiger partial charge on any atom is -0.497 e. The van der Waals surface area contributed by atoms with Crippen molar-refractivity contribution < 1.29 is 14.0 Å². The SMILES string of the molecule is COc1cc(OC)cc(-c2noc([C@H](C)N)n2)c1. The summed E-state index contributed by atoms with van der Waals surface area (Å²) in [6.07, 6.45) is 0. The third kappa shape index (κ3) is 2.43. The number of hydrogen-bond donors (Lipinski definition) is 1. The summed E-state index contributed by atoms with van der Waals surface area (Å²) in [5.41, 5.74) is 6.42. The number of benzene rings is 1. The first-order valence-electron chi connectivity index (χ1n) is 5.46. The van der Waals surface area contributed by atoms with Crippen LogP contribution >= 0.6 is 0 Å². The molecule has 0 aliphatic rings. The molecule has 2 N–H and O–H groups in total. The topological polar surface area (TPSA) is 83.4 Å². The zero-order valence-electron chi connectivity index (χ0n) is 10.5. The zero-order valence-corrected chi connectivity index (χ0v) is 10.5. The van der Waals surface area contributed by atoms with Crippen LogP contribution in [0.1, 0.15) is 18.9 Å². The van der Waals surface area contributed by atoms with E-state index in [1.807, 2.05) is 0 Å². The Morgan fingerprint density at radius 3 is 2.22 bits per heavy atom. The van der Waals surface area contributed by atoms with E-state index in [0.29, 0.717) is 23.2 Å². The highest BCUT2D eigenvalue weighted by molar-refractivity contribution is 5.60. The summed E-state index contributed by atoms with van der Waals surface area (Å²) in [5.74, 6) is 2.18. The lowest BCUT2D eigenvalue weighted by Gasteiger charge is -2.05. The van der Waals surface area contributed by atoms with Crippen molar-refractivity contribution >= 4 is 0 Å². The van der Waals surface area contributed by atoms with Gasteiger partial charge in [-0.3, -0.25) is 0 Å². The molecule has 0 spiro atoms. The van der Waals surface area contributed by atoms with Gasteiger partial charge in [0, 0.05) is 11.6 Å². The molecule has 0 saturated heterocycles. The van der Waals surface area contributed by atoms with Crippen LogP contribution in [-0.4, -0.2) is 24.4 Å². The van der Waals surface area contributed by atoms with Gasteiger partial charge in [-0.05, 0) is 19.1 Å². The fraction of sp³-hybridized carbons (Fsp3) is 0.333. The molecule has 0 aliphatic carbocycles. The monoisotopic (exact) mass is 249 g/mol. The smallest absolute Gasteiger partial charge is 0.243 e. The predicted molar refractivity (Wildman–Crippen MR) is 65.4 cm³/mol. The van der Waals surface area contributed by atoms with Gasteiger partial charge in [0.05, 0.1) is 20.3 Å². The van der Waals surface area contributed by atoms with Crippen LogP contribution in [0.5, 0.6) is 11.5 Å². The number of methoxy groups -OCH3 is 2. The molecule has 96 valence electrons. The van der Waals surface area contributed by atoms with E-state index in [-0.39, 0.29) is 6.04 Å². The average Bonchev–Trinajstić information content (AvgIpc) is 2.87. The van der Waals surface area contributed by atoms with Crippen LogP contribution in [0.15, 0.2) is 22.7 Å². The van der Waals surface area contributed by atoms with Crippen LogP contribution in [0.25, 0.3) is 11.4 Å². The second-order valence-electron chi connectivity index (χ2n) is 3.85. The van der Waals surface area contributed by atoms with Gasteiger partial charge >= 0.3 is 0 Å². The molecule has 1 heterocycles. The van der Waals surface area contributed by atoms with Crippen LogP contribution in [0, 0.1) is 0 Å². The van der Waals surface area contributed by atoms with E-state index in [9.17, 15) is 0 Å². The van der Waals surface area contributed by atoms with Crippen LogP contribution in [0.2, 0.25) is 0 Å². The number of nitrogens with two attached hydrogens (primary N) is 1.